The van der Waals surface area contributed by atoms with Gasteiger partial charge in [-0.25, -0.2) is 0 Å². The van der Waals surface area contributed by atoms with Crippen molar-refractivity contribution >= 4 is 23.8 Å². The molecule has 0 spiro atoms. The molecule has 16 heavy (non-hydrogen) atoms. The molecule has 1 aromatic heterocycles. The van der Waals surface area contributed by atoms with Crippen molar-refractivity contribution in [2.24, 2.45) is 0 Å². The van der Waals surface area contributed by atoms with Crippen LogP contribution in [-0.4, -0.2) is 14.7 Å². The average Bonchev–Trinajstić information content (AvgIpc) is 2.60. The number of hydrogen-bond donors (Lipinski definition) is 2. The molecule has 2 N–H and O–H groups in total. The average molecular weight is 255 g/mol. The van der Waals surface area contributed by atoms with Gasteiger partial charge in [0, 0.05) is 11.2 Å². The highest BCUT2D eigenvalue weighted by Gasteiger charge is 2.03. The van der Waals surface area contributed by atoms with E-state index in [4.69, 9.17) is 28.9 Å². The molecule has 2 aromatic rings. The molecule has 3 nitrogen and oxygen atoms in total. The van der Waals surface area contributed by atoms with E-state index in [9.17, 15) is 0 Å². The summed E-state index contributed by atoms with van der Waals surface area (Å²) >= 11 is 11.0. The van der Waals surface area contributed by atoms with Crippen molar-refractivity contribution in [3.63, 3.8) is 0 Å². The summed E-state index contributed by atoms with van der Waals surface area (Å²) in [5.41, 5.74) is 1.82. The zero-order valence-corrected chi connectivity index (χ0v) is 10.1. The summed E-state index contributed by atoms with van der Waals surface area (Å²) in [6.07, 6.45) is 1.72. The van der Waals surface area contributed by atoms with Crippen LogP contribution in [-0.2, 0) is 13.2 Å². The third-order valence-electron chi connectivity index (χ3n) is 2.35. The fraction of sp³-hybridized carbons (Fsp3) is 0.182. The van der Waals surface area contributed by atoms with Crippen LogP contribution in [0.4, 0.5) is 0 Å². The van der Waals surface area contributed by atoms with E-state index >= 15 is 0 Å². The largest absolute Gasteiger partial charge is 0.390 e. The van der Waals surface area contributed by atoms with E-state index in [1.807, 2.05) is 28.8 Å². The second-order valence-electron chi connectivity index (χ2n) is 3.46. The maximum atomic E-state index is 9.15. The third kappa shape index (κ3) is 2.35. The van der Waals surface area contributed by atoms with Gasteiger partial charge in [-0.1, -0.05) is 23.7 Å². The number of H-pyrrole nitrogens is 1. The lowest BCUT2D eigenvalue weighted by Gasteiger charge is -2.06. The Bertz CT molecular complexity index is 547. The smallest absolute Gasteiger partial charge is 0.177 e. The standard InChI is InChI=1S/C11H11ClN2OS/c12-9-3-1-2-8(4-9)6-14-10(7-15)5-13-11(14)16/h1-5,15H,6-7H2,(H,13,16). The molecular weight excluding hydrogens is 244 g/mol. The Kier molecular flexibility index (Phi) is 3.43. The van der Waals surface area contributed by atoms with Crippen molar-refractivity contribution in [2.45, 2.75) is 13.2 Å². The zero-order chi connectivity index (χ0) is 11.5. The van der Waals surface area contributed by atoms with E-state index < -0.39 is 0 Å². The number of aromatic amines is 1. The maximum absolute atomic E-state index is 9.15. The molecule has 0 amide bonds. The van der Waals surface area contributed by atoms with E-state index in [-0.39, 0.29) is 6.61 Å². The van der Waals surface area contributed by atoms with Gasteiger partial charge in [0.2, 0.25) is 0 Å². The number of aliphatic hydroxyl groups is 1. The van der Waals surface area contributed by atoms with Gasteiger partial charge in [0.1, 0.15) is 0 Å². The second kappa shape index (κ2) is 4.82. The van der Waals surface area contributed by atoms with Crippen LogP contribution in [0.1, 0.15) is 11.3 Å². The lowest BCUT2D eigenvalue weighted by atomic mass is 10.2. The van der Waals surface area contributed by atoms with Gasteiger partial charge in [0.05, 0.1) is 18.8 Å². The van der Waals surface area contributed by atoms with Crippen LogP contribution in [0.3, 0.4) is 0 Å². The predicted octanol–water partition coefficient (Wildman–Crippen LogP) is 2.74. The van der Waals surface area contributed by atoms with Gasteiger partial charge in [0.15, 0.2) is 4.77 Å². The molecular formula is C11H11ClN2OS. The summed E-state index contributed by atoms with van der Waals surface area (Å²) < 4.78 is 2.45. The van der Waals surface area contributed by atoms with Gasteiger partial charge in [-0.3, -0.25) is 0 Å². The Morgan fingerprint density at radius 2 is 2.25 bits per heavy atom. The Hall–Kier alpha value is -1.10. The second-order valence-corrected chi connectivity index (χ2v) is 4.28. The van der Waals surface area contributed by atoms with E-state index in [2.05, 4.69) is 4.98 Å². The Morgan fingerprint density at radius 1 is 1.44 bits per heavy atom. The van der Waals surface area contributed by atoms with Gasteiger partial charge in [-0.2, -0.15) is 0 Å². The topological polar surface area (TPSA) is 40.9 Å². The summed E-state index contributed by atoms with van der Waals surface area (Å²) in [5, 5.41) is 9.85. The minimum Gasteiger partial charge on any atom is -0.390 e. The number of imidazole rings is 1. The van der Waals surface area contributed by atoms with Crippen molar-refractivity contribution in [2.75, 3.05) is 0 Å². The molecule has 1 heterocycles. The van der Waals surface area contributed by atoms with Crippen molar-refractivity contribution in [1.29, 1.82) is 0 Å². The summed E-state index contributed by atoms with van der Waals surface area (Å²) in [7, 11) is 0. The minimum atomic E-state index is -0.0340. The summed E-state index contributed by atoms with van der Waals surface area (Å²) in [6.45, 7) is 0.576. The van der Waals surface area contributed by atoms with E-state index in [1.165, 1.54) is 0 Å². The molecule has 84 valence electrons. The first kappa shape index (κ1) is 11.4. The van der Waals surface area contributed by atoms with Gasteiger partial charge >= 0.3 is 0 Å². The van der Waals surface area contributed by atoms with Gasteiger partial charge in [-0.05, 0) is 29.9 Å². The number of nitrogens with one attached hydrogen (secondary N) is 1. The molecule has 0 bridgehead atoms. The Labute approximate surface area is 103 Å². The van der Waals surface area contributed by atoms with Crippen LogP contribution in [0, 0.1) is 4.77 Å². The van der Waals surface area contributed by atoms with E-state index in [1.54, 1.807) is 6.20 Å². The van der Waals surface area contributed by atoms with Crippen molar-refractivity contribution in [3.8, 4) is 0 Å². The van der Waals surface area contributed by atoms with Crippen molar-refractivity contribution < 1.29 is 5.11 Å². The van der Waals surface area contributed by atoms with Gasteiger partial charge < -0.3 is 14.7 Å². The molecule has 0 radical (unpaired) electrons. The maximum Gasteiger partial charge on any atom is 0.177 e. The first-order valence-electron chi connectivity index (χ1n) is 4.83. The monoisotopic (exact) mass is 254 g/mol. The molecule has 0 saturated carbocycles. The fourth-order valence-electron chi connectivity index (χ4n) is 1.55. The first-order chi connectivity index (χ1) is 7.70. The fourth-order valence-corrected chi connectivity index (χ4v) is 2.01. The summed E-state index contributed by atoms with van der Waals surface area (Å²) in [6, 6.07) is 7.58. The first-order valence-corrected chi connectivity index (χ1v) is 5.61. The number of aromatic nitrogens is 2. The predicted molar refractivity (Wildman–Crippen MR) is 66.1 cm³/mol. The SMILES string of the molecule is OCc1c[nH]c(=S)n1Cc1cccc(Cl)c1. The Morgan fingerprint density at radius 3 is 2.94 bits per heavy atom. The zero-order valence-electron chi connectivity index (χ0n) is 8.48. The molecule has 0 atom stereocenters. The number of benzene rings is 1. The van der Waals surface area contributed by atoms with Crippen LogP contribution < -0.4 is 0 Å². The minimum absolute atomic E-state index is 0.0340. The number of aliphatic hydroxyl groups excluding tert-OH is 1. The summed E-state index contributed by atoms with van der Waals surface area (Å²) in [4.78, 5) is 2.91. The highest BCUT2D eigenvalue weighted by Crippen LogP contribution is 2.13. The van der Waals surface area contributed by atoms with Gasteiger partial charge in [0.25, 0.3) is 0 Å². The molecule has 0 unspecified atom stereocenters. The van der Waals surface area contributed by atoms with E-state index in [0.29, 0.717) is 16.3 Å². The normalized spacial score (nSPS) is 10.6. The van der Waals surface area contributed by atoms with Crippen molar-refractivity contribution in [3.05, 3.63) is 51.5 Å². The van der Waals surface area contributed by atoms with Crippen LogP contribution in [0.15, 0.2) is 30.5 Å². The molecule has 0 fully saturated rings. The lowest BCUT2D eigenvalue weighted by molar-refractivity contribution is 0.271. The third-order valence-corrected chi connectivity index (χ3v) is 2.92. The van der Waals surface area contributed by atoms with E-state index in [0.717, 1.165) is 11.3 Å². The number of halogens is 1. The molecule has 0 saturated heterocycles. The van der Waals surface area contributed by atoms with Gasteiger partial charge in [-0.15, -0.1) is 0 Å². The van der Waals surface area contributed by atoms with Crippen LogP contribution in [0.25, 0.3) is 0 Å². The highest BCUT2D eigenvalue weighted by atomic mass is 35.5. The molecule has 0 aliphatic carbocycles. The molecule has 5 heteroatoms. The number of hydrogen-bond acceptors (Lipinski definition) is 2. The Balaban J connectivity index is 2.33. The highest BCUT2D eigenvalue weighted by molar-refractivity contribution is 7.71. The molecule has 0 aliphatic heterocycles. The lowest BCUT2D eigenvalue weighted by Crippen LogP contribution is -2.04. The molecule has 0 aliphatic rings. The quantitative estimate of drug-likeness (QED) is 0.827. The number of nitrogens with zero attached hydrogens (tertiary/aromatic N) is 1. The molecule has 1 aromatic carbocycles. The van der Waals surface area contributed by atoms with Crippen LogP contribution in [0.2, 0.25) is 5.02 Å². The van der Waals surface area contributed by atoms with Crippen LogP contribution >= 0.6 is 23.8 Å². The molecule has 2 rings (SSSR count). The summed E-state index contributed by atoms with van der Waals surface area (Å²) in [5.74, 6) is 0. The number of rotatable bonds is 3. The van der Waals surface area contributed by atoms with Crippen LogP contribution in [0.5, 0.6) is 0 Å². The van der Waals surface area contributed by atoms with Crippen molar-refractivity contribution in [1.82, 2.24) is 9.55 Å².